The van der Waals surface area contributed by atoms with Crippen molar-refractivity contribution in [2.75, 3.05) is 0 Å². The average molecular weight is 357 g/mol. The zero-order valence-electron chi connectivity index (χ0n) is 13.2. The number of ketones is 1. The van der Waals surface area contributed by atoms with Crippen molar-refractivity contribution in [2.24, 2.45) is 5.92 Å². The third kappa shape index (κ3) is 3.39. The van der Waals surface area contributed by atoms with Crippen LogP contribution in [-0.4, -0.2) is 26.3 Å². The minimum atomic E-state index is -1.14. The third-order valence-electron chi connectivity index (χ3n) is 4.64. The molecule has 0 unspecified atom stereocenters. The molecule has 0 aromatic carbocycles. The molecule has 1 aromatic heterocycles. The molecule has 4 nitrogen and oxygen atoms in total. The minimum Gasteiger partial charge on any atom is -0.382 e. The lowest BCUT2D eigenvalue weighted by Gasteiger charge is -2.33. The maximum absolute atomic E-state index is 12.6. The fraction of sp³-hybridized carbons (Fsp3) is 0.750. The minimum absolute atomic E-state index is 0.0626. The van der Waals surface area contributed by atoms with E-state index in [9.17, 15) is 9.90 Å². The van der Waals surface area contributed by atoms with Crippen LogP contribution in [0.5, 0.6) is 0 Å². The summed E-state index contributed by atoms with van der Waals surface area (Å²) in [6.07, 6.45) is 4.12. The normalized spacial score (nSPS) is 26.0. The van der Waals surface area contributed by atoms with Gasteiger partial charge in [-0.15, -0.1) is 0 Å². The van der Waals surface area contributed by atoms with Crippen molar-refractivity contribution in [3.63, 3.8) is 0 Å². The fourth-order valence-corrected chi connectivity index (χ4v) is 3.73. The number of hydrogen-bond donors (Lipinski definition) is 1. The van der Waals surface area contributed by atoms with Crippen LogP contribution < -0.4 is 0 Å². The van der Waals surface area contributed by atoms with E-state index >= 15 is 0 Å². The molecule has 1 fully saturated rings. The largest absolute Gasteiger partial charge is 0.382 e. The van der Waals surface area contributed by atoms with Gasteiger partial charge in [-0.25, -0.2) is 0 Å². The number of hydrogen-bond acceptors (Lipinski definition) is 3. The zero-order valence-corrected chi connectivity index (χ0v) is 14.7. The van der Waals surface area contributed by atoms with E-state index in [0.29, 0.717) is 18.8 Å². The molecule has 2 rings (SSSR count). The van der Waals surface area contributed by atoms with Gasteiger partial charge in [0, 0.05) is 6.54 Å². The Morgan fingerprint density at radius 1 is 1.43 bits per heavy atom. The highest BCUT2D eigenvalue weighted by Gasteiger charge is 2.39. The van der Waals surface area contributed by atoms with E-state index in [2.05, 4.69) is 34.9 Å². The number of rotatable bonds is 5. The summed E-state index contributed by atoms with van der Waals surface area (Å²) in [5.41, 5.74) is 0.733. The van der Waals surface area contributed by atoms with Crippen LogP contribution >= 0.6 is 15.9 Å². The summed E-state index contributed by atoms with van der Waals surface area (Å²) >= 11 is 3.57. The molecule has 1 saturated carbocycles. The number of aromatic nitrogens is 2. The molecule has 118 valence electrons. The smallest absolute Gasteiger partial charge is 0.170 e. The lowest BCUT2D eigenvalue weighted by atomic mass is 9.76. The number of aryl methyl sites for hydroxylation is 2. The van der Waals surface area contributed by atoms with Crippen LogP contribution in [0.15, 0.2) is 4.47 Å². The Morgan fingerprint density at radius 3 is 2.57 bits per heavy atom. The maximum Gasteiger partial charge on any atom is 0.170 e. The number of halogens is 1. The molecule has 1 N–H and O–H groups in total. The van der Waals surface area contributed by atoms with Gasteiger partial charge in [-0.05, 0) is 60.9 Å². The Hall–Kier alpha value is -0.680. The van der Waals surface area contributed by atoms with E-state index in [1.807, 2.05) is 11.6 Å². The zero-order chi connectivity index (χ0) is 15.6. The van der Waals surface area contributed by atoms with Crippen molar-refractivity contribution in [2.45, 2.75) is 71.4 Å². The summed E-state index contributed by atoms with van der Waals surface area (Å²) in [6.45, 7) is 6.98. The molecule has 0 atom stereocenters. The lowest BCUT2D eigenvalue weighted by molar-refractivity contribution is -0.140. The topological polar surface area (TPSA) is 55.1 Å². The van der Waals surface area contributed by atoms with Crippen molar-refractivity contribution in [3.05, 3.63) is 15.9 Å². The highest BCUT2D eigenvalue weighted by Crippen LogP contribution is 2.34. The molecule has 1 aromatic rings. The Labute approximate surface area is 135 Å². The van der Waals surface area contributed by atoms with Crippen LogP contribution in [0.1, 0.15) is 57.8 Å². The van der Waals surface area contributed by atoms with Crippen molar-refractivity contribution < 1.29 is 9.90 Å². The number of carbonyl (C=O) groups is 1. The highest BCUT2D eigenvalue weighted by molar-refractivity contribution is 9.10. The molecule has 0 aliphatic heterocycles. The Bertz CT molecular complexity index is 517. The van der Waals surface area contributed by atoms with Gasteiger partial charge < -0.3 is 5.11 Å². The summed E-state index contributed by atoms with van der Waals surface area (Å²) in [7, 11) is 0. The van der Waals surface area contributed by atoms with Crippen molar-refractivity contribution in [3.8, 4) is 0 Å². The molecule has 5 heteroatoms. The number of carbonyl (C=O) groups excluding carboxylic acids is 1. The highest BCUT2D eigenvalue weighted by atomic mass is 79.9. The summed E-state index contributed by atoms with van der Waals surface area (Å²) in [5, 5.41) is 15.2. The Morgan fingerprint density at radius 2 is 2.05 bits per heavy atom. The molecule has 0 bridgehead atoms. The number of Topliss-reactive ketones (excluding diaryl/α,β-unsaturated/α-hetero) is 1. The first-order valence-corrected chi connectivity index (χ1v) is 8.70. The van der Waals surface area contributed by atoms with E-state index < -0.39 is 5.60 Å². The van der Waals surface area contributed by atoms with Crippen molar-refractivity contribution in [1.82, 2.24) is 9.78 Å². The second-order valence-electron chi connectivity index (χ2n) is 6.19. The van der Waals surface area contributed by atoms with Crippen molar-refractivity contribution >= 4 is 21.7 Å². The molecule has 0 amide bonds. The third-order valence-corrected chi connectivity index (χ3v) is 5.56. The molecular weight excluding hydrogens is 332 g/mol. The lowest BCUT2D eigenvalue weighted by Crippen LogP contribution is -2.43. The van der Waals surface area contributed by atoms with E-state index in [4.69, 9.17) is 0 Å². The molecule has 0 radical (unpaired) electrons. The standard InChI is InChI=1S/C16H25BrN2O2/c1-4-12-15(17)13(19(5-2)18-12)10-14(20)16(21)8-6-11(3)7-9-16/h11,21H,4-10H2,1-3H3. The predicted molar refractivity (Wildman–Crippen MR) is 86.3 cm³/mol. The second-order valence-corrected chi connectivity index (χ2v) is 6.98. The van der Waals surface area contributed by atoms with Gasteiger partial charge in [-0.2, -0.15) is 5.10 Å². The Balaban J connectivity index is 2.18. The van der Waals surface area contributed by atoms with Gasteiger partial charge in [0.2, 0.25) is 0 Å². The molecule has 0 saturated heterocycles. The first kappa shape index (κ1) is 16.7. The SMILES string of the molecule is CCc1nn(CC)c(CC(=O)C2(O)CCC(C)CC2)c1Br. The van der Waals surface area contributed by atoms with Crippen LogP contribution in [0, 0.1) is 5.92 Å². The van der Waals surface area contributed by atoms with Gasteiger partial charge in [-0.3, -0.25) is 9.48 Å². The van der Waals surface area contributed by atoms with Gasteiger partial charge in [0.05, 0.1) is 22.3 Å². The summed E-state index contributed by atoms with van der Waals surface area (Å²) in [6, 6.07) is 0. The van der Waals surface area contributed by atoms with Gasteiger partial charge in [-0.1, -0.05) is 13.8 Å². The molecule has 1 aliphatic carbocycles. The van der Waals surface area contributed by atoms with Crippen LogP contribution in [0.2, 0.25) is 0 Å². The second kappa shape index (κ2) is 6.61. The molecule has 21 heavy (non-hydrogen) atoms. The predicted octanol–water partition coefficient (Wildman–Crippen LogP) is 3.28. The van der Waals surface area contributed by atoms with Crippen LogP contribution in [-0.2, 0) is 24.2 Å². The fourth-order valence-electron chi connectivity index (χ4n) is 3.02. The maximum atomic E-state index is 12.6. The van der Waals surface area contributed by atoms with E-state index in [0.717, 1.165) is 41.7 Å². The molecular formula is C16H25BrN2O2. The summed E-state index contributed by atoms with van der Waals surface area (Å²) in [4.78, 5) is 12.6. The number of aliphatic hydroxyl groups is 1. The molecule has 1 aliphatic rings. The van der Waals surface area contributed by atoms with Crippen LogP contribution in [0.4, 0.5) is 0 Å². The molecule has 1 heterocycles. The van der Waals surface area contributed by atoms with E-state index in [1.165, 1.54) is 0 Å². The first-order valence-electron chi connectivity index (χ1n) is 7.91. The Kier molecular flexibility index (Phi) is 5.25. The quantitative estimate of drug-likeness (QED) is 0.880. The first-order chi connectivity index (χ1) is 9.91. The van der Waals surface area contributed by atoms with Gasteiger partial charge >= 0.3 is 0 Å². The van der Waals surface area contributed by atoms with Gasteiger partial charge in [0.25, 0.3) is 0 Å². The van der Waals surface area contributed by atoms with Crippen LogP contribution in [0.25, 0.3) is 0 Å². The monoisotopic (exact) mass is 356 g/mol. The molecule has 0 spiro atoms. The summed E-state index contributed by atoms with van der Waals surface area (Å²) < 4.78 is 2.79. The van der Waals surface area contributed by atoms with Crippen LogP contribution in [0.3, 0.4) is 0 Å². The van der Waals surface area contributed by atoms with Crippen molar-refractivity contribution in [1.29, 1.82) is 0 Å². The van der Waals surface area contributed by atoms with Gasteiger partial charge in [0.1, 0.15) is 5.60 Å². The average Bonchev–Trinajstić information content (AvgIpc) is 2.78. The number of nitrogens with zero attached hydrogens (tertiary/aromatic N) is 2. The summed E-state index contributed by atoms with van der Waals surface area (Å²) in [5.74, 6) is 0.546. The van der Waals surface area contributed by atoms with E-state index in [-0.39, 0.29) is 12.2 Å². The van der Waals surface area contributed by atoms with E-state index in [1.54, 1.807) is 0 Å². The van der Waals surface area contributed by atoms with Gasteiger partial charge in [0.15, 0.2) is 5.78 Å².